The van der Waals surface area contributed by atoms with Gasteiger partial charge >= 0.3 is 0 Å². The molecule has 0 bridgehead atoms. The van der Waals surface area contributed by atoms with Crippen LogP contribution in [0.25, 0.3) is 11.1 Å². The summed E-state index contributed by atoms with van der Waals surface area (Å²) in [5.41, 5.74) is 2.90. The lowest BCUT2D eigenvalue weighted by Gasteiger charge is -2.25. The van der Waals surface area contributed by atoms with Crippen molar-refractivity contribution in [3.8, 4) is 22.6 Å². The van der Waals surface area contributed by atoms with Gasteiger partial charge < -0.3 is 14.8 Å². The second kappa shape index (κ2) is 8.25. The van der Waals surface area contributed by atoms with Crippen molar-refractivity contribution in [1.82, 2.24) is 0 Å². The Labute approximate surface area is 173 Å². The molecule has 1 N–H and O–H groups in total. The van der Waals surface area contributed by atoms with Crippen molar-refractivity contribution in [2.45, 2.75) is 26.2 Å². The van der Waals surface area contributed by atoms with E-state index in [1.807, 2.05) is 37.4 Å². The number of ether oxygens (including phenoxy) is 2. The average Bonchev–Trinajstić information content (AvgIpc) is 3.13. The highest BCUT2D eigenvalue weighted by atomic mass is 32.1. The molecule has 1 unspecified atom stereocenters. The van der Waals surface area contributed by atoms with E-state index >= 15 is 0 Å². The summed E-state index contributed by atoms with van der Waals surface area (Å²) < 4.78 is 25.8. The zero-order chi connectivity index (χ0) is 20.4. The Hall–Kier alpha value is -2.86. The van der Waals surface area contributed by atoms with Gasteiger partial charge in [0.25, 0.3) is 0 Å². The van der Waals surface area contributed by atoms with E-state index in [9.17, 15) is 9.18 Å². The molecule has 1 aromatic heterocycles. The summed E-state index contributed by atoms with van der Waals surface area (Å²) in [6, 6.07) is 12.4. The first-order chi connectivity index (χ1) is 14.1. The van der Waals surface area contributed by atoms with Gasteiger partial charge in [-0.3, -0.25) is 4.79 Å². The first kappa shape index (κ1) is 19.5. The Kier molecular flexibility index (Phi) is 5.53. The van der Waals surface area contributed by atoms with Crippen LogP contribution in [0.1, 0.15) is 36.6 Å². The fraction of sp³-hybridized carbons (Fsp3) is 0.261. The highest BCUT2D eigenvalue weighted by molar-refractivity contribution is 7.11. The molecule has 1 aliphatic heterocycles. The standard InChI is InChI=1S/C23H22FNO3S/c1-3-27-19-10-9-14(11-20(19)28-4-2)16-12-21(26)25-22-17(13-29-23(16)22)15-7-5-6-8-18(15)24/h5-11,13,16H,3-4,12H2,1-2H3,(H,25,26). The summed E-state index contributed by atoms with van der Waals surface area (Å²) in [6.45, 7) is 4.93. The molecule has 1 aliphatic rings. The van der Waals surface area contributed by atoms with Crippen LogP contribution in [0.4, 0.5) is 10.1 Å². The van der Waals surface area contributed by atoms with Gasteiger partial charge in [0.1, 0.15) is 5.82 Å². The number of amides is 1. The van der Waals surface area contributed by atoms with E-state index in [2.05, 4.69) is 5.32 Å². The number of anilines is 1. The van der Waals surface area contributed by atoms with Gasteiger partial charge in [-0.25, -0.2) is 4.39 Å². The largest absolute Gasteiger partial charge is 0.490 e. The predicted octanol–water partition coefficient (Wildman–Crippen LogP) is 5.83. The predicted molar refractivity (Wildman–Crippen MR) is 114 cm³/mol. The molecule has 0 radical (unpaired) electrons. The molecule has 29 heavy (non-hydrogen) atoms. The van der Waals surface area contributed by atoms with Crippen LogP contribution in [0, 0.1) is 5.82 Å². The molecule has 2 aromatic carbocycles. The van der Waals surface area contributed by atoms with Crippen molar-refractivity contribution in [2.75, 3.05) is 18.5 Å². The van der Waals surface area contributed by atoms with E-state index in [1.165, 1.54) is 6.07 Å². The van der Waals surface area contributed by atoms with Crippen molar-refractivity contribution in [1.29, 1.82) is 0 Å². The molecule has 0 saturated heterocycles. The number of hydrogen-bond donors (Lipinski definition) is 1. The topological polar surface area (TPSA) is 47.6 Å². The van der Waals surface area contributed by atoms with E-state index < -0.39 is 0 Å². The van der Waals surface area contributed by atoms with E-state index in [0.29, 0.717) is 42.4 Å². The van der Waals surface area contributed by atoms with Crippen LogP contribution >= 0.6 is 11.3 Å². The lowest BCUT2D eigenvalue weighted by atomic mass is 9.89. The molecule has 4 nitrogen and oxygen atoms in total. The quantitative estimate of drug-likeness (QED) is 0.555. The molecule has 3 aromatic rings. The molecular formula is C23H22FNO3S. The Bertz CT molecular complexity index is 1050. The maximum atomic E-state index is 14.4. The van der Waals surface area contributed by atoms with Crippen molar-refractivity contribution >= 4 is 22.9 Å². The highest BCUT2D eigenvalue weighted by Gasteiger charge is 2.31. The minimum Gasteiger partial charge on any atom is -0.490 e. The molecule has 1 atom stereocenters. The number of fused-ring (bicyclic) bond motifs is 1. The summed E-state index contributed by atoms with van der Waals surface area (Å²) in [4.78, 5) is 13.5. The summed E-state index contributed by atoms with van der Waals surface area (Å²) in [5, 5.41) is 4.87. The van der Waals surface area contributed by atoms with Crippen molar-refractivity contribution in [3.63, 3.8) is 0 Å². The van der Waals surface area contributed by atoms with E-state index in [0.717, 1.165) is 16.0 Å². The molecule has 150 valence electrons. The third-order valence-electron chi connectivity index (χ3n) is 4.92. The van der Waals surface area contributed by atoms with Crippen molar-refractivity contribution in [3.05, 3.63) is 64.1 Å². The number of thiophene rings is 1. The Balaban J connectivity index is 1.77. The van der Waals surface area contributed by atoms with Gasteiger partial charge in [0.05, 0.1) is 18.9 Å². The first-order valence-electron chi connectivity index (χ1n) is 9.68. The fourth-order valence-electron chi connectivity index (χ4n) is 3.66. The average molecular weight is 411 g/mol. The second-order valence-corrected chi connectivity index (χ2v) is 7.66. The van der Waals surface area contributed by atoms with Crippen LogP contribution < -0.4 is 14.8 Å². The van der Waals surface area contributed by atoms with Crippen LogP contribution in [-0.2, 0) is 4.79 Å². The van der Waals surface area contributed by atoms with Gasteiger partial charge in [0.2, 0.25) is 5.91 Å². The van der Waals surface area contributed by atoms with Crippen LogP contribution in [0.5, 0.6) is 11.5 Å². The van der Waals surface area contributed by atoms with Gasteiger partial charge in [0.15, 0.2) is 11.5 Å². The van der Waals surface area contributed by atoms with Gasteiger partial charge in [-0.2, -0.15) is 0 Å². The third-order valence-corrected chi connectivity index (χ3v) is 6.02. The zero-order valence-corrected chi connectivity index (χ0v) is 17.1. The second-order valence-electron chi connectivity index (χ2n) is 6.75. The molecule has 6 heteroatoms. The fourth-order valence-corrected chi connectivity index (χ4v) is 4.81. The monoisotopic (exact) mass is 411 g/mol. The number of benzene rings is 2. The summed E-state index contributed by atoms with van der Waals surface area (Å²) >= 11 is 1.54. The van der Waals surface area contributed by atoms with Crippen molar-refractivity contribution in [2.24, 2.45) is 0 Å². The Morgan fingerprint density at radius 2 is 1.83 bits per heavy atom. The number of carbonyl (C=O) groups is 1. The number of halogens is 1. The lowest BCUT2D eigenvalue weighted by Crippen LogP contribution is -2.22. The number of rotatable bonds is 6. The normalized spacial score (nSPS) is 15.6. The van der Waals surface area contributed by atoms with E-state index in [1.54, 1.807) is 29.5 Å². The van der Waals surface area contributed by atoms with Crippen molar-refractivity contribution < 1.29 is 18.7 Å². The molecule has 0 saturated carbocycles. The van der Waals surface area contributed by atoms with Gasteiger partial charge in [-0.1, -0.05) is 24.3 Å². The Morgan fingerprint density at radius 3 is 2.59 bits per heavy atom. The first-order valence-corrected chi connectivity index (χ1v) is 10.6. The summed E-state index contributed by atoms with van der Waals surface area (Å²) in [5.74, 6) is 0.871. The molecule has 4 rings (SSSR count). The van der Waals surface area contributed by atoms with Gasteiger partial charge in [-0.05, 0) is 37.6 Å². The van der Waals surface area contributed by atoms with Crippen LogP contribution in [0.2, 0.25) is 0 Å². The van der Waals surface area contributed by atoms with E-state index in [4.69, 9.17) is 9.47 Å². The summed E-state index contributed by atoms with van der Waals surface area (Å²) in [6.07, 6.45) is 0.337. The SMILES string of the molecule is CCOc1ccc(C2CC(=O)Nc3c(-c4ccccc4F)csc32)cc1OCC. The lowest BCUT2D eigenvalue weighted by molar-refractivity contribution is -0.116. The smallest absolute Gasteiger partial charge is 0.225 e. The molecular weight excluding hydrogens is 389 g/mol. The van der Waals surface area contributed by atoms with Crippen LogP contribution in [-0.4, -0.2) is 19.1 Å². The molecule has 2 heterocycles. The number of hydrogen-bond acceptors (Lipinski definition) is 4. The minimum absolute atomic E-state index is 0.0784. The van der Waals surface area contributed by atoms with Gasteiger partial charge in [-0.15, -0.1) is 11.3 Å². The minimum atomic E-state index is -0.302. The maximum Gasteiger partial charge on any atom is 0.225 e. The molecule has 0 spiro atoms. The zero-order valence-electron chi connectivity index (χ0n) is 16.3. The molecule has 1 amide bonds. The summed E-state index contributed by atoms with van der Waals surface area (Å²) in [7, 11) is 0. The highest BCUT2D eigenvalue weighted by Crippen LogP contribution is 2.48. The molecule has 0 aliphatic carbocycles. The number of carbonyl (C=O) groups excluding carboxylic acids is 1. The van der Waals surface area contributed by atoms with E-state index in [-0.39, 0.29) is 17.6 Å². The van der Waals surface area contributed by atoms with Crippen LogP contribution in [0.3, 0.4) is 0 Å². The Morgan fingerprint density at radius 1 is 1.07 bits per heavy atom. The van der Waals surface area contributed by atoms with Crippen LogP contribution in [0.15, 0.2) is 47.8 Å². The third kappa shape index (κ3) is 3.72. The van der Waals surface area contributed by atoms with Gasteiger partial charge in [0, 0.05) is 33.7 Å². The molecule has 0 fully saturated rings. The number of nitrogens with one attached hydrogen (secondary N) is 1. The maximum absolute atomic E-state index is 14.4.